The summed E-state index contributed by atoms with van der Waals surface area (Å²) in [5.41, 5.74) is 0.452. The van der Waals surface area contributed by atoms with Gasteiger partial charge in [0.1, 0.15) is 5.75 Å². The zero-order chi connectivity index (χ0) is 12.0. The molecule has 1 N–H and O–H groups in total. The molecular formula is C12H9NO3. The second-order valence-corrected chi connectivity index (χ2v) is 2.85. The number of nitrogens with zero attached hydrogens (tertiary/aromatic N) is 1. The molecule has 0 aliphatic carbocycles. The maximum atomic E-state index is 10.9. The lowest BCUT2D eigenvalue weighted by atomic mass is 10.1. The van der Waals surface area contributed by atoms with E-state index in [2.05, 4.69) is 11.8 Å². The van der Waals surface area contributed by atoms with Crippen molar-refractivity contribution in [1.82, 2.24) is 0 Å². The number of carboxylic acid groups (broad SMARTS) is 1. The van der Waals surface area contributed by atoms with Crippen LogP contribution >= 0.6 is 0 Å². The van der Waals surface area contributed by atoms with Gasteiger partial charge in [0, 0.05) is 5.56 Å². The largest absolute Gasteiger partial charge is 0.497 e. The summed E-state index contributed by atoms with van der Waals surface area (Å²) in [5, 5.41) is 17.2. The summed E-state index contributed by atoms with van der Waals surface area (Å²) in [6.45, 7) is 0. The molecule has 0 unspecified atom stereocenters. The standard InChI is InChI=1S/C12H9NO3/c1-16-10-5-6-11(12(14)15)9(8-10)4-2-3-7-13/h5-6,8H,3H2,1H3,(H,14,15). The van der Waals surface area contributed by atoms with Gasteiger partial charge in [-0.05, 0) is 18.2 Å². The van der Waals surface area contributed by atoms with Crippen LogP contribution in [-0.4, -0.2) is 18.2 Å². The van der Waals surface area contributed by atoms with Crippen molar-refractivity contribution >= 4 is 5.97 Å². The molecule has 0 saturated carbocycles. The van der Waals surface area contributed by atoms with Gasteiger partial charge < -0.3 is 9.84 Å². The molecule has 0 aliphatic heterocycles. The lowest BCUT2D eigenvalue weighted by Crippen LogP contribution is -2.00. The average Bonchev–Trinajstić information content (AvgIpc) is 2.29. The van der Waals surface area contributed by atoms with Crippen LogP contribution in [0.4, 0.5) is 0 Å². The third-order valence-electron chi connectivity index (χ3n) is 1.85. The van der Waals surface area contributed by atoms with E-state index in [-0.39, 0.29) is 12.0 Å². The molecule has 0 aromatic heterocycles. The average molecular weight is 215 g/mol. The third kappa shape index (κ3) is 2.76. The minimum Gasteiger partial charge on any atom is -0.497 e. The number of ether oxygens (including phenoxy) is 1. The van der Waals surface area contributed by atoms with Crippen molar-refractivity contribution in [2.75, 3.05) is 7.11 Å². The van der Waals surface area contributed by atoms with Crippen LogP contribution in [0.5, 0.6) is 5.75 Å². The van der Waals surface area contributed by atoms with Gasteiger partial charge in [-0.25, -0.2) is 4.79 Å². The van der Waals surface area contributed by atoms with Gasteiger partial charge in [0.15, 0.2) is 0 Å². The molecule has 0 spiro atoms. The maximum Gasteiger partial charge on any atom is 0.336 e. The van der Waals surface area contributed by atoms with E-state index in [4.69, 9.17) is 15.1 Å². The van der Waals surface area contributed by atoms with Crippen LogP contribution in [0, 0.1) is 23.2 Å². The van der Waals surface area contributed by atoms with Crippen molar-refractivity contribution in [2.24, 2.45) is 0 Å². The fourth-order valence-corrected chi connectivity index (χ4v) is 1.12. The monoisotopic (exact) mass is 215 g/mol. The molecule has 4 nitrogen and oxygen atoms in total. The molecule has 4 heteroatoms. The van der Waals surface area contributed by atoms with E-state index >= 15 is 0 Å². The van der Waals surface area contributed by atoms with E-state index in [1.165, 1.54) is 19.2 Å². The molecule has 1 aromatic rings. The van der Waals surface area contributed by atoms with Gasteiger partial charge in [0.2, 0.25) is 0 Å². The number of hydrogen-bond acceptors (Lipinski definition) is 3. The number of benzene rings is 1. The molecule has 0 radical (unpaired) electrons. The Kier molecular flexibility index (Phi) is 3.94. The summed E-state index contributed by atoms with van der Waals surface area (Å²) in [4.78, 5) is 10.9. The first-order valence-corrected chi connectivity index (χ1v) is 4.46. The molecule has 0 aliphatic rings. The predicted octanol–water partition coefficient (Wildman–Crippen LogP) is 1.66. The van der Waals surface area contributed by atoms with Crippen molar-refractivity contribution in [2.45, 2.75) is 6.42 Å². The van der Waals surface area contributed by atoms with Crippen molar-refractivity contribution in [3.8, 4) is 23.7 Å². The highest BCUT2D eigenvalue weighted by Crippen LogP contribution is 2.16. The van der Waals surface area contributed by atoms with E-state index in [1.807, 2.05) is 6.07 Å². The molecule has 0 fully saturated rings. The third-order valence-corrected chi connectivity index (χ3v) is 1.85. The summed E-state index contributed by atoms with van der Waals surface area (Å²) in [7, 11) is 1.49. The van der Waals surface area contributed by atoms with E-state index in [0.29, 0.717) is 11.3 Å². The molecule has 0 bridgehead atoms. The van der Waals surface area contributed by atoms with Gasteiger partial charge in [0.05, 0.1) is 25.2 Å². The second-order valence-electron chi connectivity index (χ2n) is 2.85. The van der Waals surface area contributed by atoms with Crippen molar-refractivity contribution < 1.29 is 14.6 Å². The van der Waals surface area contributed by atoms with Crippen LogP contribution in [0.2, 0.25) is 0 Å². The first-order chi connectivity index (χ1) is 7.69. The summed E-state index contributed by atoms with van der Waals surface area (Å²) < 4.78 is 4.97. The molecule has 0 amide bonds. The Morgan fingerprint density at radius 2 is 2.31 bits per heavy atom. The Morgan fingerprint density at radius 1 is 1.56 bits per heavy atom. The van der Waals surface area contributed by atoms with Gasteiger partial charge >= 0.3 is 5.97 Å². The molecule has 0 saturated heterocycles. The summed E-state index contributed by atoms with van der Waals surface area (Å²) in [6, 6.07) is 6.38. The van der Waals surface area contributed by atoms with Gasteiger partial charge in [-0.3, -0.25) is 0 Å². The Labute approximate surface area is 93.1 Å². The van der Waals surface area contributed by atoms with Crippen LogP contribution < -0.4 is 4.74 Å². The lowest BCUT2D eigenvalue weighted by Gasteiger charge is -2.02. The molecular weight excluding hydrogens is 206 g/mol. The highest BCUT2D eigenvalue weighted by atomic mass is 16.5. The summed E-state index contributed by atoms with van der Waals surface area (Å²) >= 11 is 0. The van der Waals surface area contributed by atoms with Crippen LogP contribution in [0.1, 0.15) is 22.3 Å². The van der Waals surface area contributed by atoms with E-state index in [1.54, 1.807) is 6.07 Å². The van der Waals surface area contributed by atoms with Gasteiger partial charge in [-0.2, -0.15) is 5.26 Å². The van der Waals surface area contributed by atoms with Crippen molar-refractivity contribution in [3.05, 3.63) is 29.3 Å². The quantitative estimate of drug-likeness (QED) is 0.761. The second kappa shape index (κ2) is 5.43. The van der Waals surface area contributed by atoms with E-state index in [0.717, 1.165) is 0 Å². The Balaban J connectivity index is 3.18. The number of methoxy groups -OCH3 is 1. The zero-order valence-corrected chi connectivity index (χ0v) is 8.65. The minimum atomic E-state index is -1.05. The molecule has 0 heterocycles. The first kappa shape index (κ1) is 11.6. The minimum absolute atomic E-state index is 0.0657. The normalized spacial score (nSPS) is 8.50. The molecule has 1 rings (SSSR count). The fourth-order valence-electron chi connectivity index (χ4n) is 1.12. The lowest BCUT2D eigenvalue weighted by molar-refractivity contribution is 0.0696. The molecule has 1 aromatic carbocycles. The highest BCUT2D eigenvalue weighted by Gasteiger charge is 2.08. The highest BCUT2D eigenvalue weighted by molar-refractivity contribution is 5.91. The topological polar surface area (TPSA) is 70.3 Å². The van der Waals surface area contributed by atoms with E-state index < -0.39 is 5.97 Å². The van der Waals surface area contributed by atoms with Gasteiger partial charge in [-0.1, -0.05) is 11.8 Å². The Bertz CT molecular complexity index is 503. The van der Waals surface area contributed by atoms with Crippen LogP contribution in [-0.2, 0) is 0 Å². The number of nitriles is 1. The first-order valence-electron chi connectivity index (χ1n) is 4.46. The maximum absolute atomic E-state index is 10.9. The number of hydrogen-bond donors (Lipinski definition) is 1. The smallest absolute Gasteiger partial charge is 0.336 e. The molecule has 80 valence electrons. The van der Waals surface area contributed by atoms with Gasteiger partial charge in [0.25, 0.3) is 0 Å². The van der Waals surface area contributed by atoms with Crippen LogP contribution in [0.25, 0.3) is 0 Å². The van der Waals surface area contributed by atoms with Crippen LogP contribution in [0.3, 0.4) is 0 Å². The number of rotatable bonds is 2. The predicted molar refractivity (Wildman–Crippen MR) is 57.1 cm³/mol. The SMILES string of the molecule is COc1ccc(C(=O)O)c(C#CCC#N)c1. The van der Waals surface area contributed by atoms with Gasteiger partial charge in [-0.15, -0.1) is 0 Å². The summed E-state index contributed by atoms with van der Waals surface area (Å²) in [6.07, 6.45) is 0.0657. The van der Waals surface area contributed by atoms with Crippen LogP contribution in [0.15, 0.2) is 18.2 Å². The fraction of sp³-hybridized carbons (Fsp3) is 0.167. The molecule has 0 atom stereocenters. The van der Waals surface area contributed by atoms with E-state index in [9.17, 15) is 4.79 Å². The Morgan fingerprint density at radius 3 is 2.88 bits per heavy atom. The van der Waals surface area contributed by atoms with Crippen molar-refractivity contribution in [1.29, 1.82) is 5.26 Å². The zero-order valence-electron chi connectivity index (χ0n) is 8.65. The number of aromatic carboxylic acids is 1. The summed E-state index contributed by atoms with van der Waals surface area (Å²) in [5.74, 6) is 4.69. The Hall–Kier alpha value is -2.46. The molecule has 16 heavy (non-hydrogen) atoms. The van der Waals surface area contributed by atoms with Crippen molar-refractivity contribution in [3.63, 3.8) is 0 Å². The number of carbonyl (C=O) groups is 1. The number of carboxylic acids is 1.